The Balaban J connectivity index is 0.000000505. The van der Waals surface area contributed by atoms with Crippen LogP contribution in [-0.2, 0) is 18.4 Å². The molecule has 1 amide bonds. The van der Waals surface area contributed by atoms with Gasteiger partial charge in [0.25, 0.3) is 11.5 Å². The number of fused-ring (bicyclic) bond motifs is 1. The summed E-state index contributed by atoms with van der Waals surface area (Å²) >= 11 is 0. The van der Waals surface area contributed by atoms with E-state index in [-0.39, 0.29) is 28.9 Å². The molecule has 1 aliphatic heterocycles. The van der Waals surface area contributed by atoms with Crippen molar-refractivity contribution in [3.63, 3.8) is 0 Å². The summed E-state index contributed by atoms with van der Waals surface area (Å²) in [6.07, 6.45) is -3.75. The van der Waals surface area contributed by atoms with Crippen molar-refractivity contribution in [2.75, 3.05) is 31.1 Å². The number of anilines is 1. The van der Waals surface area contributed by atoms with Crippen molar-refractivity contribution in [2.24, 2.45) is 12.8 Å². The molecule has 0 aromatic carbocycles. The summed E-state index contributed by atoms with van der Waals surface area (Å²) in [4.78, 5) is 52.4. The fourth-order valence-corrected chi connectivity index (χ4v) is 3.24. The minimum absolute atomic E-state index is 0.0144. The number of ether oxygens (including phenoxy) is 1. The number of nitrogens with zero attached hydrogens (tertiary/aromatic N) is 7. The Kier molecular flexibility index (Phi) is 8.47. The molecule has 0 unspecified atom stereocenters. The maximum absolute atomic E-state index is 13.2. The smallest absolute Gasteiger partial charge is 0.475 e. The molecule has 0 saturated carbocycles. The molecule has 4 heterocycles. The van der Waals surface area contributed by atoms with Gasteiger partial charge in [0.05, 0.1) is 6.54 Å². The van der Waals surface area contributed by atoms with Crippen molar-refractivity contribution >= 4 is 29.0 Å². The van der Waals surface area contributed by atoms with Gasteiger partial charge in [0, 0.05) is 39.4 Å². The number of imidazole rings is 1. The molecule has 1 saturated heterocycles. The molecule has 0 radical (unpaired) electrons. The molecule has 1 aliphatic rings. The standard InChI is InChI=1S/C19H21N9O3.C2HF3O2/c1-3-4-9-28-13-15(24-18(28)27-10-7-21-8-11-27)25-19(26(2)16(13)30)31-17-22-6-5-12(23-17)14(20)29;3-2(4,5)1(6)7/h5-6,21H,7-11H2,1-2H3,(H2,20,29);(H,6,7). The van der Waals surface area contributed by atoms with Gasteiger partial charge in [-0.25, -0.2) is 9.78 Å². The highest BCUT2D eigenvalue weighted by molar-refractivity contribution is 5.90. The van der Waals surface area contributed by atoms with Crippen LogP contribution in [0.25, 0.3) is 11.2 Å². The first-order valence-corrected chi connectivity index (χ1v) is 10.9. The second-order valence-corrected chi connectivity index (χ2v) is 7.59. The van der Waals surface area contributed by atoms with E-state index in [4.69, 9.17) is 20.4 Å². The highest BCUT2D eigenvalue weighted by atomic mass is 19.4. The third-order valence-corrected chi connectivity index (χ3v) is 5.05. The largest absolute Gasteiger partial charge is 0.490 e. The lowest BCUT2D eigenvalue weighted by Crippen LogP contribution is -2.44. The molecule has 4 rings (SSSR count). The molecule has 0 aliphatic carbocycles. The van der Waals surface area contributed by atoms with Crippen molar-refractivity contribution in [3.05, 3.63) is 28.3 Å². The van der Waals surface area contributed by atoms with E-state index >= 15 is 0 Å². The van der Waals surface area contributed by atoms with E-state index in [1.54, 1.807) is 11.5 Å². The number of carboxylic acids is 1. The third kappa shape index (κ3) is 6.34. The van der Waals surface area contributed by atoms with Gasteiger partial charge in [-0.3, -0.25) is 18.7 Å². The summed E-state index contributed by atoms with van der Waals surface area (Å²) in [5.41, 5.74) is 5.45. The van der Waals surface area contributed by atoms with Gasteiger partial charge in [-0.2, -0.15) is 28.1 Å². The minimum atomic E-state index is -5.08. The van der Waals surface area contributed by atoms with Gasteiger partial charge >= 0.3 is 24.2 Å². The van der Waals surface area contributed by atoms with Crippen molar-refractivity contribution in [3.8, 4) is 23.9 Å². The summed E-state index contributed by atoms with van der Waals surface area (Å²) in [5, 5.41) is 10.4. The van der Waals surface area contributed by atoms with Crippen molar-refractivity contribution in [2.45, 2.75) is 19.6 Å². The van der Waals surface area contributed by atoms with Gasteiger partial charge in [-0.1, -0.05) is 5.92 Å². The third-order valence-electron chi connectivity index (χ3n) is 5.05. The van der Waals surface area contributed by atoms with Gasteiger partial charge in [0.1, 0.15) is 5.69 Å². The number of primary amides is 1. The first kappa shape index (κ1) is 27.9. The molecule has 3 aromatic heterocycles. The van der Waals surface area contributed by atoms with Crippen molar-refractivity contribution in [1.29, 1.82) is 0 Å². The average Bonchev–Trinajstić information content (AvgIpc) is 3.24. The molecular formula is C21H22F3N9O5. The van der Waals surface area contributed by atoms with Gasteiger partial charge in [-0.15, -0.1) is 5.92 Å². The summed E-state index contributed by atoms with van der Waals surface area (Å²) in [6, 6.07) is 1.15. The van der Waals surface area contributed by atoms with Gasteiger partial charge in [-0.05, 0) is 13.0 Å². The van der Waals surface area contributed by atoms with E-state index in [9.17, 15) is 22.8 Å². The van der Waals surface area contributed by atoms with Crippen LogP contribution in [0.15, 0.2) is 17.1 Å². The number of nitrogens with two attached hydrogens (primary N) is 1. The Morgan fingerprint density at radius 2 is 1.89 bits per heavy atom. The number of rotatable bonds is 5. The number of hydrogen-bond donors (Lipinski definition) is 3. The number of alkyl halides is 3. The number of hydrogen-bond acceptors (Lipinski definition) is 10. The highest BCUT2D eigenvalue weighted by Gasteiger charge is 2.38. The minimum Gasteiger partial charge on any atom is -0.475 e. The lowest BCUT2D eigenvalue weighted by atomic mass is 10.4. The first-order valence-electron chi connectivity index (χ1n) is 10.9. The maximum atomic E-state index is 13.2. The zero-order valence-electron chi connectivity index (χ0n) is 20.1. The van der Waals surface area contributed by atoms with Crippen LogP contribution in [-0.4, -0.2) is 78.4 Å². The normalized spacial score (nSPS) is 13.2. The van der Waals surface area contributed by atoms with Crippen molar-refractivity contribution < 1.29 is 32.6 Å². The number of carbonyl (C=O) groups is 2. The number of halogens is 3. The summed E-state index contributed by atoms with van der Waals surface area (Å²) < 4.78 is 40.3. The SMILES string of the molecule is CC#CCn1c(N2CCNCC2)nc2nc(Oc3nccc(C(N)=O)n3)n(C)c(=O)c21.O=C(O)C(F)(F)F. The Morgan fingerprint density at radius 3 is 2.47 bits per heavy atom. The zero-order valence-corrected chi connectivity index (χ0v) is 20.1. The van der Waals surface area contributed by atoms with Crippen LogP contribution in [0, 0.1) is 11.8 Å². The fourth-order valence-electron chi connectivity index (χ4n) is 3.24. The number of carboxylic acid groups (broad SMARTS) is 1. The molecule has 14 nitrogen and oxygen atoms in total. The summed E-state index contributed by atoms with van der Waals surface area (Å²) in [5.74, 6) is 3.01. The zero-order chi connectivity index (χ0) is 28.0. The van der Waals surface area contributed by atoms with Crippen LogP contribution < -0.4 is 26.2 Å². The summed E-state index contributed by atoms with van der Waals surface area (Å²) in [6.45, 7) is 5.19. The Bertz CT molecular complexity index is 1470. The number of nitrogens with one attached hydrogen (secondary N) is 1. The molecule has 3 aromatic rings. The van der Waals surface area contributed by atoms with Crippen LogP contribution in [0.5, 0.6) is 12.0 Å². The quantitative estimate of drug-likeness (QED) is 0.369. The Hall–Kier alpha value is -4.72. The number of carbonyl (C=O) groups excluding carboxylic acids is 1. The number of aromatic nitrogens is 6. The molecule has 4 N–H and O–H groups in total. The monoisotopic (exact) mass is 537 g/mol. The van der Waals surface area contributed by atoms with Crippen LogP contribution >= 0.6 is 0 Å². The van der Waals surface area contributed by atoms with Crippen LogP contribution in [0.1, 0.15) is 17.4 Å². The summed E-state index contributed by atoms with van der Waals surface area (Å²) in [7, 11) is 1.52. The van der Waals surface area contributed by atoms with Gasteiger partial charge in [0.2, 0.25) is 5.95 Å². The fraction of sp³-hybridized carbons (Fsp3) is 0.381. The van der Waals surface area contributed by atoms with Crippen LogP contribution in [0.2, 0.25) is 0 Å². The average molecular weight is 537 g/mol. The molecule has 0 spiro atoms. The van der Waals surface area contributed by atoms with E-state index in [2.05, 4.69) is 42.0 Å². The number of piperazine rings is 1. The first-order chi connectivity index (χ1) is 17.9. The van der Waals surface area contributed by atoms with Crippen LogP contribution in [0.3, 0.4) is 0 Å². The van der Waals surface area contributed by atoms with Gasteiger partial charge < -0.3 is 25.8 Å². The lowest BCUT2D eigenvalue weighted by Gasteiger charge is -2.28. The molecule has 1 fully saturated rings. The van der Waals surface area contributed by atoms with Crippen LogP contribution in [0.4, 0.5) is 19.1 Å². The number of aliphatic carboxylic acids is 1. The molecule has 202 valence electrons. The van der Waals surface area contributed by atoms with Crippen molar-refractivity contribution in [1.82, 2.24) is 34.4 Å². The van der Waals surface area contributed by atoms with E-state index in [1.807, 2.05) is 0 Å². The van der Waals surface area contributed by atoms with E-state index < -0.39 is 18.1 Å². The Morgan fingerprint density at radius 1 is 1.24 bits per heavy atom. The lowest BCUT2D eigenvalue weighted by molar-refractivity contribution is -0.192. The predicted molar refractivity (Wildman–Crippen MR) is 126 cm³/mol. The second-order valence-electron chi connectivity index (χ2n) is 7.59. The second kappa shape index (κ2) is 11.6. The molecule has 17 heteroatoms. The molecule has 38 heavy (non-hydrogen) atoms. The van der Waals surface area contributed by atoms with E-state index in [0.717, 1.165) is 26.2 Å². The highest BCUT2D eigenvalue weighted by Crippen LogP contribution is 2.22. The van der Waals surface area contributed by atoms with E-state index in [1.165, 1.54) is 23.9 Å². The van der Waals surface area contributed by atoms with Gasteiger partial charge in [0.15, 0.2) is 11.2 Å². The topological polar surface area (TPSA) is 183 Å². The molecular weight excluding hydrogens is 515 g/mol. The maximum Gasteiger partial charge on any atom is 0.490 e. The molecule has 0 bridgehead atoms. The molecule has 0 atom stereocenters. The van der Waals surface area contributed by atoms with E-state index in [0.29, 0.717) is 18.0 Å². The Labute approximate surface area is 212 Å². The predicted octanol–water partition coefficient (Wildman–Crippen LogP) is -0.123. The number of amides is 1.